The van der Waals surface area contributed by atoms with E-state index >= 15 is 0 Å². The largest absolute Gasteiger partial charge is 0.338 e. The first kappa shape index (κ1) is 13.2. The molecule has 1 aromatic rings. The molecule has 0 bridgehead atoms. The standard InChI is InChI=1S/C10H17N5O2S/c1-18(16,17)15-6-4-14(5-7-15)10-12-3-2-9(8-11)13-10/h2-3H,4-8,11H2,1H3. The molecule has 18 heavy (non-hydrogen) atoms. The van der Waals surface area contributed by atoms with Crippen molar-refractivity contribution in [1.82, 2.24) is 14.3 Å². The first-order chi connectivity index (χ1) is 8.50. The summed E-state index contributed by atoms with van der Waals surface area (Å²) in [5.41, 5.74) is 6.31. The monoisotopic (exact) mass is 271 g/mol. The van der Waals surface area contributed by atoms with E-state index in [1.54, 1.807) is 12.3 Å². The highest BCUT2D eigenvalue weighted by atomic mass is 32.2. The third-order valence-electron chi connectivity index (χ3n) is 2.90. The summed E-state index contributed by atoms with van der Waals surface area (Å²) in [5.74, 6) is 0.617. The van der Waals surface area contributed by atoms with Crippen molar-refractivity contribution in [3.63, 3.8) is 0 Å². The van der Waals surface area contributed by atoms with Gasteiger partial charge in [-0.05, 0) is 6.07 Å². The fourth-order valence-electron chi connectivity index (χ4n) is 1.87. The molecule has 2 heterocycles. The average Bonchev–Trinajstić information content (AvgIpc) is 2.38. The number of nitrogens with two attached hydrogens (primary N) is 1. The molecule has 1 aliphatic rings. The summed E-state index contributed by atoms with van der Waals surface area (Å²) in [6, 6.07) is 1.77. The number of nitrogens with zero attached hydrogens (tertiary/aromatic N) is 4. The SMILES string of the molecule is CS(=O)(=O)N1CCN(c2nccc(CN)n2)CC1. The van der Waals surface area contributed by atoms with Crippen molar-refractivity contribution in [2.75, 3.05) is 37.3 Å². The molecule has 2 N–H and O–H groups in total. The predicted octanol–water partition coefficient (Wildman–Crippen LogP) is -0.983. The normalized spacial score (nSPS) is 18.0. The van der Waals surface area contributed by atoms with E-state index in [4.69, 9.17) is 5.73 Å². The second-order valence-corrected chi connectivity index (χ2v) is 6.18. The Hall–Kier alpha value is -1.25. The lowest BCUT2D eigenvalue weighted by atomic mass is 10.3. The van der Waals surface area contributed by atoms with Crippen LogP contribution in [0.1, 0.15) is 5.69 Å². The van der Waals surface area contributed by atoms with Gasteiger partial charge in [-0.3, -0.25) is 0 Å². The predicted molar refractivity (Wildman–Crippen MR) is 68.6 cm³/mol. The summed E-state index contributed by atoms with van der Waals surface area (Å²) in [6.45, 7) is 2.51. The molecule has 8 heteroatoms. The van der Waals surface area contributed by atoms with Crippen LogP contribution in [0.2, 0.25) is 0 Å². The molecule has 0 amide bonds. The van der Waals surface area contributed by atoms with E-state index in [9.17, 15) is 8.42 Å². The molecule has 2 rings (SSSR count). The maximum absolute atomic E-state index is 11.4. The van der Waals surface area contributed by atoms with Gasteiger partial charge in [0.2, 0.25) is 16.0 Å². The van der Waals surface area contributed by atoms with Gasteiger partial charge in [0.05, 0.1) is 11.9 Å². The summed E-state index contributed by atoms with van der Waals surface area (Å²) in [4.78, 5) is 10.5. The molecule has 100 valence electrons. The lowest BCUT2D eigenvalue weighted by molar-refractivity contribution is 0.385. The Morgan fingerprint density at radius 3 is 2.56 bits per heavy atom. The molecule has 0 aliphatic carbocycles. The molecule has 0 unspecified atom stereocenters. The van der Waals surface area contributed by atoms with Gasteiger partial charge in [0.25, 0.3) is 0 Å². The number of anilines is 1. The van der Waals surface area contributed by atoms with Crippen LogP contribution in [0.4, 0.5) is 5.95 Å². The number of piperazine rings is 1. The van der Waals surface area contributed by atoms with E-state index in [1.165, 1.54) is 10.6 Å². The first-order valence-corrected chi connectivity index (χ1v) is 7.57. The number of hydrogen-bond acceptors (Lipinski definition) is 6. The first-order valence-electron chi connectivity index (χ1n) is 5.73. The van der Waals surface area contributed by atoms with Gasteiger partial charge in [-0.15, -0.1) is 0 Å². The fraction of sp³-hybridized carbons (Fsp3) is 0.600. The molecule has 7 nitrogen and oxygen atoms in total. The minimum absolute atomic E-state index is 0.374. The topological polar surface area (TPSA) is 92.4 Å². The summed E-state index contributed by atoms with van der Waals surface area (Å²) >= 11 is 0. The molecule has 1 fully saturated rings. The zero-order chi connectivity index (χ0) is 13.2. The van der Waals surface area contributed by atoms with Crippen LogP contribution in [0.3, 0.4) is 0 Å². The van der Waals surface area contributed by atoms with Crippen LogP contribution in [0.25, 0.3) is 0 Å². The Morgan fingerprint density at radius 2 is 2.00 bits per heavy atom. The van der Waals surface area contributed by atoms with Gasteiger partial charge >= 0.3 is 0 Å². The summed E-state index contributed by atoms with van der Waals surface area (Å²) in [5, 5.41) is 0. The Morgan fingerprint density at radius 1 is 1.33 bits per heavy atom. The molecule has 0 spiro atoms. The van der Waals surface area contributed by atoms with E-state index in [0.29, 0.717) is 38.7 Å². The Kier molecular flexibility index (Phi) is 3.79. The lowest BCUT2D eigenvalue weighted by Gasteiger charge is -2.33. The van der Waals surface area contributed by atoms with Crippen LogP contribution in [0, 0.1) is 0 Å². The van der Waals surface area contributed by atoms with Gasteiger partial charge in [0, 0.05) is 38.9 Å². The molecule has 1 aliphatic heterocycles. The molecular weight excluding hydrogens is 254 g/mol. The van der Waals surface area contributed by atoms with Gasteiger partial charge < -0.3 is 10.6 Å². The van der Waals surface area contributed by atoms with Crippen molar-refractivity contribution in [3.05, 3.63) is 18.0 Å². The van der Waals surface area contributed by atoms with Gasteiger partial charge in [0.1, 0.15) is 0 Å². The highest BCUT2D eigenvalue weighted by Gasteiger charge is 2.24. The van der Waals surface area contributed by atoms with Crippen LogP contribution in [-0.4, -0.2) is 55.1 Å². The van der Waals surface area contributed by atoms with E-state index < -0.39 is 10.0 Å². The highest BCUT2D eigenvalue weighted by Crippen LogP contribution is 2.12. The van der Waals surface area contributed by atoms with Gasteiger partial charge in [-0.25, -0.2) is 18.4 Å². The number of aromatic nitrogens is 2. The smallest absolute Gasteiger partial charge is 0.225 e. The van der Waals surface area contributed by atoms with Crippen molar-refractivity contribution in [3.8, 4) is 0 Å². The molecule has 0 atom stereocenters. The highest BCUT2D eigenvalue weighted by molar-refractivity contribution is 7.88. The molecular formula is C10H17N5O2S. The van der Waals surface area contributed by atoms with Gasteiger partial charge in [0.15, 0.2) is 0 Å². The van der Waals surface area contributed by atoms with Crippen molar-refractivity contribution in [2.45, 2.75) is 6.54 Å². The Labute approximate surface area is 107 Å². The Balaban J connectivity index is 2.05. The van der Waals surface area contributed by atoms with Crippen molar-refractivity contribution < 1.29 is 8.42 Å². The zero-order valence-corrected chi connectivity index (χ0v) is 11.1. The van der Waals surface area contributed by atoms with E-state index in [1.807, 2.05) is 4.90 Å². The van der Waals surface area contributed by atoms with Gasteiger partial charge in [-0.2, -0.15) is 4.31 Å². The fourth-order valence-corrected chi connectivity index (χ4v) is 2.70. The quantitative estimate of drug-likeness (QED) is 0.759. The minimum atomic E-state index is -3.10. The second kappa shape index (κ2) is 5.17. The van der Waals surface area contributed by atoms with E-state index in [2.05, 4.69) is 9.97 Å². The summed E-state index contributed by atoms with van der Waals surface area (Å²) in [6.07, 6.45) is 2.90. The molecule has 0 saturated carbocycles. The van der Waals surface area contributed by atoms with Crippen LogP contribution < -0.4 is 10.6 Å². The van der Waals surface area contributed by atoms with E-state index in [-0.39, 0.29) is 0 Å². The average molecular weight is 271 g/mol. The maximum atomic E-state index is 11.4. The molecule has 1 aromatic heterocycles. The van der Waals surface area contributed by atoms with Crippen LogP contribution in [0.5, 0.6) is 0 Å². The summed E-state index contributed by atoms with van der Waals surface area (Å²) in [7, 11) is -3.10. The van der Waals surface area contributed by atoms with E-state index in [0.717, 1.165) is 5.69 Å². The summed E-state index contributed by atoms with van der Waals surface area (Å²) < 4.78 is 24.2. The molecule has 0 radical (unpaired) electrons. The zero-order valence-electron chi connectivity index (χ0n) is 10.3. The Bertz CT molecular complexity index is 511. The maximum Gasteiger partial charge on any atom is 0.225 e. The third kappa shape index (κ3) is 2.95. The third-order valence-corrected chi connectivity index (χ3v) is 4.20. The number of sulfonamides is 1. The van der Waals surface area contributed by atoms with Crippen molar-refractivity contribution in [2.24, 2.45) is 5.73 Å². The van der Waals surface area contributed by atoms with Crippen molar-refractivity contribution >= 4 is 16.0 Å². The lowest BCUT2D eigenvalue weighted by Crippen LogP contribution is -2.48. The van der Waals surface area contributed by atoms with Crippen LogP contribution in [0.15, 0.2) is 12.3 Å². The molecule has 0 aromatic carbocycles. The molecule has 1 saturated heterocycles. The van der Waals surface area contributed by atoms with Crippen LogP contribution >= 0.6 is 0 Å². The second-order valence-electron chi connectivity index (χ2n) is 4.20. The van der Waals surface area contributed by atoms with Gasteiger partial charge in [-0.1, -0.05) is 0 Å². The van der Waals surface area contributed by atoms with Crippen molar-refractivity contribution in [1.29, 1.82) is 0 Å². The number of rotatable bonds is 3. The van der Waals surface area contributed by atoms with Crippen LogP contribution in [-0.2, 0) is 16.6 Å². The minimum Gasteiger partial charge on any atom is -0.338 e. The number of hydrogen-bond donors (Lipinski definition) is 1.